The second kappa shape index (κ2) is 6.81. The molecule has 1 atom stereocenters. The molecule has 0 aliphatic rings. The van der Waals surface area contributed by atoms with Gasteiger partial charge in [0.25, 0.3) is 0 Å². The molecule has 1 aromatic rings. The lowest BCUT2D eigenvalue weighted by atomic mass is 10.3. The summed E-state index contributed by atoms with van der Waals surface area (Å²) in [7, 11) is 1.47. The molecular formula is C11H13ClN2O5. The van der Waals surface area contributed by atoms with Crippen LogP contribution in [0.1, 0.15) is 0 Å². The van der Waals surface area contributed by atoms with E-state index in [9.17, 15) is 9.59 Å². The molecule has 4 N–H and O–H groups in total. The summed E-state index contributed by atoms with van der Waals surface area (Å²) in [5.41, 5.74) is 0.309. The molecule has 7 nitrogen and oxygen atoms in total. The van der Waals surface area contributed by atoms with Gasteiger partial charge in [0.2, 0.25) is 0 Å². The molecule has 1 aromatic carbocycles. The second-order valence-electron chi connectivity index (χ2n) is 3.53. The molecule has 0 bridgehead atoms. The summed E-state index contributed by atoms with van der Waals surface area (Å²) >= 11 is 5.87. The molecule has 19 heavy (non-hydrogen) atoms. The summed E-state index contributed by atoms with van der Waals surface area (Å²) in [5, 5.41) is 22.3. The van der Waals surface area contributed by atoms with Crippen LogP contribution in [0, 0.1) is 0 Å². The number of rotatable bonds is 5. The number of benzene rings is 1. The van der Waals surface area contributed by atoms with E-state index in [1.165, 1.54) is 13.2 Å². The number of carboxylic acid groups (broad SMARTS) is 1. The van der Waals surface area contributed by atoms with Gasteiger partial charge >= 0.3 is 12.0 Å². The topological polar surface area (TPSA) is 108 Å². The molecular weight excluding hydrogens is 276 g/mol. The van der Waals surface area contributed by atoms with Crippen LogP contribution < -0.4 is 15.4 Å². The number of methoxy groups -OCH3 is 1. The maximum absolute atomic E-state index is 11.5. The molecule has 1 rings (SSSR count). The molecule has 0 fully saturated rings. The smallest absolute Gasteiger partial charge is 0.334 e. The van der Waals surface area contributed by atoms with Gasteiger partial charge in [0.05, 0.1) is 24.4 Å². The van der Waals surface area contributed by atoms with Crippen molar-refractivity contribution in [3.8, 4) is 5.75 Å². The first kappa shape index (κ1) is 15.1. The Hall–Kier alpha value is -1.99. The first-order chi connectivity index (χ1) is 8.93. The molecule has 8 heteroatoms. The van der Waals surface area contributed by atoms with Gasteiger partial charge in [0.15, 0.2) is 6.10 Å². The number of aliphatic hydroxyl groups is 1. The highest BCUT2D eigenvalue weighted by atomic mass is 35.5. The predicted octanol–water partition coefficient (Wildman–Crippen LogP) is 0.916. The Labute approximate surface area is 114 Å². The maximum atomic E-state index is 11.5. The van der Waals surface area contributed by atoms with Crippen molar-refractivity contribution >= 4 is 29.3 Å². The number of carbonyl (C=O) groups excluding carboxylic acids is 1. The van der Waals surface area contributed by atoms with Gasteiger partial charge < -0.3 is 25.6 Å². The Morgan fingerprint density at radius 2 is 2.16 bits per heavy atom. The number of carboxylic acids is 1. The Kier molecular flexibility index (Phi) is 5.40. The fraction of sp³-hybridized carbons (Fsp3) is 0.273. The molecule has 0 aromatic heterocycles. The van der Waals surface area contributed by atoms with Crippen LogP contribution >= 0.6 is 11.6 Å². The standard InChI is InChI=1S/C11H13ClN2O5/c1-19-6-2-3-7(12)8(4-6)14-11(18)13-5-9(15)10(16)17/h2-4,9,15H,5H2,1H3,(H,16,17)(H2,13,14,18). The van der Waals surface area contributed by atoms with Gasteiger partial charge in [-0.2, -0.15) is 0 Å². The molecule has 0 saturated carbocycles. The SMILES string of the molecule is COc1ccc(Cl)c(NC(=O)NCC(O)C(=O)O)c1. The van der Waals surface area contributed by atoms with Crippen LogP contribution in [-0.4, -0.2) is 42.0 Å². The van der Waals surface area contributed by atoms with Crippen molar-refractivity contribution in [2.45, 2.75) is 6.10 Å². The van der Waals surface area contributed by atoms with Gasteiger partial charge in [0.1, 0.15) is 5.75 Å². The van der Waals surface area contributed by atoms with Crippen LogP contribution in [0.4, 0.5) is 10.5 Å². The number of urea groups is 1. The second-order valence-corrected chi connectivity index (χ2v) is 3.94. The summed E-state index contributed by atoms with van der Waals surface area (Å²) < 4.78 is 4.97. The van der Waals surface area contributed by atoms with Crippen LogP contribution in [0.25, 0.3) is 0 Å². The number of anilines is 1. The number of hydrogen-bond acceptors (Lipinski definition) is 4. The first-order valence-electron chi connectivity index (χ1n) is 5.23. The summed E-state index contributed by atoms with van der Waals surface area (Å²) in [4.78, 5) is 21.8. The van der Waals surface area contributed by atoms with E-state index in [2.05, 4.69) is 10.6 Å². The minimum absolute atomic E-state index is 0.301. The van der Waals surface area contributed by atoms with Crippen LogP contribution in [0.15, 0.2) is 18.2 Å². The molecule has 0 aliphatic carbocycles. The zero-order chi connectivity index (χ0) is 14.4. The average molecular weight is 289 g/mol. The number of nitrogens with one attached hydrogen (secondary N) is 2. The molecule has 0 aliphatic heterocycles. The van der Waals surface area contributed by atoms with Crippen molar-refractivity contribution in [1.29, 1.82) is 0 Å². The van der Waals surface area contributed by atoms with Gasteiger partial charge in [-0.05, 0) is 12.1 Å². The fourth-order valence-electron chi connectivity index (χ4n) is 1.17. The van der Waals surface area contributed by atoms with Crippen molar-refractivity contribution in [2.75, 3.05) is 19.0 Å². The normalized spacial score (nSPS) is 11.5. The van der Waals surface area contributed by atoms with E-state index in [0.717, 1.165) is 0 Å². The van der Waals surface area contributed by atoms with Gasteiger partial charge in [0, 0.05) is 6.07 Å². The van der Waals surface area contributed by atoms with E-state index < -0.39 is 24.6 Å². The summed E-state index contributed by atoms with van der Waals surface area (Å²) in [6, 6.07) is 3.99. The average Bonchev–Trinajstić information content (AvgIpc) is 2.38. The third kappa shape index (κ3) is 4.65. The van der Waals surface area contributed by atoms with Crippen molar-refractivity contribution in [1.82, 2.24) is 5.32 Å². The minimum Gasteiger partial charge on any atom is -0.497 e. The molecule has 2 amide bonds. The van der Waals surface area contributed by atoms with Crippen LogP contribution in [0.2, 0.25) is 5.02 Å². The number of halogens is 1. The fourth-order valence-corrected chi connectivity index (χ4v) is 1.34. The monoisotopic (exact) mass is 288 g/mol. The van der Waals surface area contributed by atoms with Crippen molar-refractivity contribution in [2.24, 2.45) is 0 Å². The predicted molar refractivity (Wildman–Crippen MR) is 68.7 cm³/mol. The lowest BCUT2D eigenvalue weighted by Crippen LogP contribution is -2.38. The molecule has 0 saturated heterocycles. The third-order valence-electron chi connectivity index (χ3n) is 2.16. The van der Waals surface area contributed by atoms with Crippen LogP contribution in [0.5, 0.6) is 5.75 Å². The quantitative estimate of drug-likeness (QED) is 0.644. The van der Waals surface area contributed by atoms with Crippen molar-refractivity contribution < 1.29 is 24.5 Å². The minimum atomic E-state index is -1.66. The molecule has 104 valence electrons. The molecule has 0 radical (unpaired) electrons. The highest BCUT2D eigenvalue weighted by Gasteiger charge is 2.14. The molecule has 0 heterocycles. The van der Waals surface area contributed by atoms with Gasteiger partial charge in [-0.25, -0.2) is 9.59 Å². The first-order valence-corrected chi connectivity index (χ1v) is 5.61. The van der Waals surface area contributed by atoms with Crippen LogP contribution in [-0.2, 0) is 4.79 Å². The number of hydrogen-bond donors (Lipinski definition) is 4. The van der Waals surface area contributed by atoms with E-state index in [1.807, 2.05) is 0 Å². The Morgan fingerprint density at radius 1 is 1.47 bits per heavy atom. The molecule has 1 unspecified atom stereocenters. The maximum Gasteiger partial charge on any atom is 0.334 e. The highest BCUT2D eigenvalue weighted by molar-refractivity contribution is 6.33. The van der Waals surface area contributed by atoms with E-state index in [-0.39, 0.29) is 0 Å². The van der Waals surface area contributed by atoms with Crippen LogP contribution in [0.3, 0.4) is 0 Å². The Bertz CT molecular complexity index is 480. The number of carbonyl (C=O) groups is 2. The number of amides is 2. The van der Waals surface area contributed by atoms with E-state index in [4.69, 9.17) is 26.6 Å². The van der Waals surface area contributed by atoms with Crippen molar-refractivity contribution in [3.63, 3.8) is 0 Å². The van der Waals surface area contributed by atoms with Gasteiger partial charge in [-0.3, -0.25) is 0 Å². The number of ether oxygens (including phenoxy) is 1. The van der Waals surface area contributed by atoms with E-state index in [0.29, 0.717) is 16.5 Å². The summed E-state index contributed by atoms with van der Waals surface area (Å²) in [5.74, 6) is -0.912. The zero-order valence-corrected chi connectivity index (χ0v) is 10.8. The summed E-state index contributed by atoms with van der Waals surface area (Å²) in [6.07, 6.45) is -1.66. The van der Waals surface area contributed by atoms with Gasteiger partial charge in [-0.15, -0.1) is 0 Å². The zero-order valence-electron chi connectivity index (χ0n) is 10.0. The van der Waals surface area contributed by atoms with E-state index in [1.54, 1.807) is 12.1 Å². The third-order valence-corrected chi connectivity index (χ3v) is 2.49. The highest BCUT2D eigenvalue weighted by Crippen LogP contribution is 2.26. The summed E-state index contributed by atoms with van der Waals surface area (Å²) in [6.45, 7) is -0.414. The lowest BCUT2D eigenvalue weighted by molar-refractivity contribution is -0.146. The molecule has 0 spiro atoms. The lowest BCUT2D eigenvalue weighted by Gasteiger charge is -2.11. The number of aliphatic hydroxyl groups excluding tert-OH is 1. The Morgan fingerprint density at radius 3 is 2.74 bits per heavy atom. The Balaban J connectivity index is 2.59. The van der Waals surface area contributed by atoms with Crippen molar-refractivity contribution in [3.05, 3.63) is 23.2 Å². The largest absolute Gasteiger partial charge is 0.497 e. The van der Waals surface area contributed by atoms with Gasteiger partial charge in [-0.1, -0.05) is 11.6 Å². The van der Waals surface area contributed by atoms with E-state index >= 15 is 0 Å². The number of aliphatic carboxylic acids is 1.